The first-order valence-electron chi connectivity index (χ1n) is 6.79. The van der Waals surface area contributed by atoms with Crippen LogP contribution in [0.25, 0.3) is 0 Å². The van der Waals surface area contributed by atoms with Crippen molar-refractivity contribution >= 4 is 27.3 Å². The summed E-state index contributed by atoms with van der Waals surface area (Å²) in [5, 5.41) is 5.94. The summed E-state index contributed by atoms with van der Waals surface area (Å²) in [7, 11) is 0. The minimum atomic E-state index is 0.407. The van der Waals surface area contributed by atoms with Crippen LogP contribution in [0.2, 0.25) is 0 Å². The Balaban J connectivity index is 2.14. The molecule has 1 heterocycles. The van der Waals surface area contributed by atoms with Gasteiger partial charge in [-0.3, -0.25) is 0 Å². The van der Waals surface area contributed by atoms with Crippen LogP contribution in [0.5, 0.6) is 0 Å². The lowest BCUT2D eigenvalue weighted by Crippen LogP contribution is -2.25. The molecular formula is C16H20BrNS. The maximum absolute atomic E-state index is 3.79. The number of halogens is 1. The van der Waals surface area contributed by atoms with E-state index < -0.39 is 0 Å². The Bertz CT molecular complexity index is 495. The Kier molecular flexibility index (Phi) is 5.61. The molecule has 0 radical (unpaired) electrons. The Hall–Kier alpha value is -0.640. The van der Waals surface area contributed by atoms with E-state index >= 15 is 0 Å². The summed E-state index contributed by atoms with van der Waals surface area (Å²) >= 11 is 5.39. The summed E-state index contributed by atoms with van der Waals surface area (Å²) in [6.07, 6.45) is 2.21. The summed E-state index contributed by atoms with van der Waals surface area (Å²) in [4.78, 5) is 1.43. The van der Waals surface area contributed by atoms with Crippen LogP contribution in [0, 0.1) is 0 Å². The van der Waals surface area contributed by atoms with Crippen LogP contribution in [0.3, 0.4) is 0 Å². The lowest BCUT2D eigenvalue weighted by atomic mass is 10.0. The van der Waals surface area contributed by atoms with E-state index in [1.54, 1.807) is 0 Å². The quantitative estimate of drug-likeness (QED) is 0.712. The zero-order chi connectivity index (χ0) is 13.7. The minimum absolute atomic E-state index is 0.407. The number of benzene rings is 1. The van der Waals surface area contributed by atoms with Crippen LogP contribution in [-0.4, -0.2) is 0 Å². The largest absolute Gasteiger partial charge is 0.302 e. The average molecular weight is 338 g/mol. The summed E-state index contributed by atoms with van der Waals surface area (Å²) in [5.41, 5.74) is 1.35. The molecule has 0 fully saturated rings. The molecule has 19 heavy (non-hydrogen) atoms. The van der Waals surface area contributed by atoms with Gasteiger partial charge in [-0.15, -0.1) is 11.3 Å². The van der Waals surface area contributed by atoms with Gasteiger partial charge in [0.2, 0.25) is 0 Å². The Labute approximate surface area is 128 Å². The Morgan fingerprint density at radius 3 is 2.47 bits per heavy atom. The van der Waals surface area contributed by atoms with E-state index in [9.17, 15) is 0 Å². The molecule has 2 atom stereocenters. The molecule has 1 N–H and O–H groups in total. The highest BCUT2D eigenvalue weighted by atomic mass is 79.9. The molecule has 1 nitrogen and oxygen atoms in total. The summed E-state index contributed by atoms with van der Waals surface area (Å²) in [6.45, 7) is 4.48. The first-order chi connectivity index (χ1) is 9.24. The molecule has 0 saturated heterocycles. The average Bonchev–Trinajstić information content (AvgIpc) is 2.94. The molecular weight excluding hydrogens is 318 g/mol. The second kappa shape index (κ2) is 7.22. The molecule has 0 amide bonds. The van der Waals surface area contributed by atoms with Crippen molar-refractivity contribution < 1.29 is 0 Å². The highest BCUT2D eigenvalue weighted by Crippen LogP contribution is 2.28. The van der Waals surface area contributed by atoms with Crippen molar-refractivity contribution in [3.63, 3.8) is 0 Å². The van der Waals surface area contributed by atoms with Crippen molar-refractivity contribution in [1.29, 1.82) is 0 Å². The fourth-order valence-corrected chi connectivity index (χ4v) is 3.59. The first-order valence-corrected chi connectivity index (χ1v) is 8.46. The van der Waals surface area contributed by atoms with Gasteiger partial charge in [0, 0.05) is 21.4 Å². The van der Waals surface area contributed by atoms with Crippen molar-refractivity contribution in [2.45, 2.75) is 38.8 Å². The smallest absolute Gasteiger partial charge is 0.0417 e. The van der Waals surface area contributed by atoms with E-state index in [0.717, 1.165) is 17.3 Å². The minimum Gasteiger partial charge on any atom is -0.302 e. The van der Waals surface area contributed by atoms with E-state index in [1.807, 2.05) is 11.3 Å². The van der Waals surface area contributed by atoms with Crippen LogP contribution in [0.15, 0.2) is 46.3 Å². The summed E-state index contributed by atoms with van der Waals surface area (Å²) < 4.78 is 1.15. The normalized spacial score (nSPS) is 14.3. The van der Waals surface area contributed by atoms with Gasteiger partial charge in [0.15, 0.2) is 0 Å². The molecule has 0 spiro atoms. The molecule has 2 aromatic rings. The molecule has 102 valence electrons. The van der Waals surface area contributed by atoms with E-state index in [2.05, 4.69) is 76.9 Å². The molecule has 3 heteroatoms. The van der Waals surface area contributed by atoms with Gasteiger partial charge in [-0.05, 0) is 42.0 Å². The maximum Gasteiger partial charge on any atom is 0.0417 e. The maximum atomic E-state index is 3.79. The van der Waals surface area contributed by atoms with E-state index in [-0.39, 0.29) is 0 Å². The lowest BCUT2D eigenvalue weighted by Gasteiger charge is -2.24. The molecule has 0 bridgehead atoms. The number of hydrogen-bond donors (Lipinski definition) is 1. The predicted octanol–water partition coefficient (Wildman–Crippen LogP) is 5.70. The van der Waals surface area contributed by atoms with E-state index in [0.29, 0.717) is 12.1 Å². The molecule has 0 aliphatic rings. The van der Waals surface area contributed by atoms with Gasteiger partial charge in [-0.2, -0.15) is 0 Å². The van der Waals surface area contributed by atoms with E-state index in [1.165, 1.54) is 10.4 Å². The molecule has 2 unspecified atom stereocenters. The van der Waals surface area contributed by atoms with Crippen molar-refractivity contribution in [2.24, 2.45) is 0 Å². The number of hydrogen-bond acceptors (Lipinski definition) is 2. The zero-order valence-corrected chi connectivity index (χ0v) is 13.8. The molecule has 1 aromatic carbocycles. The van der Waals surface area contributed by atoms with Crippen molar-refractivity contribution in [2.75, 3.05) is 0 Å². The molecule has 0 aliphatic carbocycles. The van der Waals surface area contributed by atoms with Gasteiger partial charge in [-0.1, -0.05) is 48.0 Å². The van der Waals surface area contributed by atoms with Gasteiger partial charge in [-0.25, -0.2) is 0 Å². The third-order valence-corrected chi connectivity index (χ3v) is 4.84. The highest BCUT2D eigenvalue weighted by Gasteiger charge is 2.16. The van der Waals surface area contributed by atoms with Crippen molar-refractivity contribution in [1.82, 2.24) is 5.32 Å². The molecule has 1 aromatic heterocycles. The Morgan fingerprint density at radius 1 is 1.11 bits per heavy atom. The van der Waals surface area contributed by atoms with Crippen LogP contribution in [0.4, 0.5) is 0 Å². The topological polar surface area (TPSA) is 12.0 Å². The third kappa shape index (κ3) is 3.91. The first kappa shape index (κ1) is 14.8. The van der Waals surface area contributed by atoms with Crippen LogP contribution in [-0.2, 0) is 0 Å². The van der Waals surface area contributed by atoms with Gasteiger partial charge >= 0.3 is 0 Å². The second-order valence-electron chi connectivity index (χ2n) is 4.66. The van der Waals surface area contributed by atoms with Gasteiger partial charge in [0.1, 0.15) is 0 Å². The summed E-state index contributed by atoms with van der Waals surface area (Å²) in [5.74, 6) is 0. The number of thiophene rings is 1. The van der Waals surface area contributed by atoms with Crippen LogP contribution >= 0.6 is 27.3 Å². The fraction of sp³-hybridized carbons (Fsp3) is 0.375. The second-order valence-corrected chi connectivity index (χ2v) is 6.55. The van der Waals surface area contributed by atoms with E-state index in [4.69, 9.17) is 0 Å². The number of nitrogens with one attached hydrogen (secondary N) is 1. The monoisotopic (exact) mass is 337 g/mol. The Morgan fingerprint density at radius 2 is 1.89 bits per heavy atom. The van der Waals surface area contributed by atoms with Crippen LogP contribution < -0.4 is 5.32 Å². The molecule has 2 rings (SSSR count). The molecule has 0 saturated carbocycles. The third-order valence-electron chi connectivity index (χ3n) is 3.36. The highest BCUT2D eigenvalue weighted by molar-refractivity contribution is 9.10. The SMILES string of the molecule is CCC(NC(CC)c1cccs1)c1cccc(Br)c1. The summed E-state index contributed by atoms with van der Waals surface area (Å²) in [6, 6.07) is 13.8. The van der Waals surface area contributed by atoms with Gasteiger partial charge in [0.05, 0.1) is 0 Å². The van der Waals surface area contributed by atoms with Crippen molar-refractivity contribution in [3.05, 3.63) is 56.7 Å². The predicted molar refractivity (Wildman–Crippen MR) is 87.7 cm³/mol. The van der Waals surface area contributed by atoms with Gasteiger partial charge < -0.3 is 5.32 Å². The zero-order valence-electron chi connectivity index (χ0n) is 11.4. The lowest BCUT2D eigenvalue weighted by molar-refractivity contribution is 0.430. The van der Waals surface area contributed by atoms with Gasteiger partial charge in [0.25, 0.3) is 0 Å². The number of rotatable bonds is 6. The standard InChI is InChI=1S/C16H20BrNS/c1-3-14(12-7-5-8-13(17)11-12)18-15(4-2)16-9-6-10-19-16/h5-11,14-15,18H,3-4H2,1-2H3. The van der Waals surface area contributed by atoms with Crippen LogP contribution in [0.1, 0.15) is 49.2 Å². The molecule has 0 aliphatic heterocycles. The van der Waals surface area contributed by atoms with Crippen molar-refractivity contribution in [3.8, 4) is 0 Å². The fourth-order valence-electron chi connectivity index (χ4n) is 2.31.